The second-order valence-electron chi connectivity index (χ2n) is 8.98. The number of amides is 2. The zero-order chi connectivity index (χ0) is 16.8. The average Bonchev–Trinajstić information content (AvgIpc) is 2.97. The van der Waals surface area contributed by atoms with Gasteiger partial charge in [-0.25, -0.2) is 0 Å². The number of rotatable bonds is 5. The number of nitrogens with one attached hydrogen (secondary N) is 1. The lowest BCUT2D eigenvalue weighted by atomic mass is 9.48. The molecule has 0 aromatic heterocycles. The fraction of sp³-hybridized carbons (Fsp3) is 0.895. The van der Waals surface area contributed by atoms with Crippen LogP contribution in [0.25, 0.3) is 0 Å². The molecule has 1 N–H and O–H groups in total. The molecule has 0 aromatic rings. The Morgan fingerprint density at radius 1 is 1.08 bits per heavy atom. The summed E-state index contributed by atoms with van der Waals surface area (Å²) < 4.78 is 0.309. The van der Waals surface area contributed by atoms with E-state index in [0.29, 0.717) is 23.7 Å². The van der Waals surface area contributed by atoms with Crippen molar-refractivity contribution in [2.24, 2.45) is 17.3 Å². The Bertz CT molecular complexity index is 515. The molecule has 5 heteroatoms. The number of nitrogens with zero attached hydrogens (tertiary/aromatic N) is 1. The van der Waals surface area contributed by atoms with Gasteiger partial charge in [-0.05, 0) is 68.6 Å². The van der Waals surface area contributed by atoms with Crippen molar-refractivity contribution in [1.29, 1.82) is 0 Å². The summed E-state index contributed by atoms with van der Waals surface area (Å²) in [5, 5.41) is 3.02. The maximum absolute atomic E-state index is 12.5. The van der Waals surface area contributed by atoms with Crippen LogP contribution in [0.2, 0.25) is 0 Å². The van der Waals surface area contributed by atoms with Crippen LogP contribution in [-0.2, 0) is 9.59 Å². The zero-order valence-electron chi connectivity index (χ0n) is 14.5. The summed E-state index contributed by atoms with van der Waals surface area (Å²) in [6, 6.07) is 0. The summed E-state index contributed by atoms with van der Waals surface area (Å²) in [4.78, 5) is 26.5. The first kappa shape index (κ1) is 16.9. The smallest absolute Gasteiger partial charge is 0.224 e. The van der Waals surface area contributed by atoms with Gasteiger partial charge in [-0.15, -0.1) is 0 Å². The van der Waals surface area contributed by atoms with Crippen molar-refractivity contribution >= 4 is 27.7 Å². The molecule has 134 valence electrons. The van der Waals surface area contributed by atoms with Crippen molar-refractivity contribution in [3.05, 3.63) is 0 Å². The molecule has 4 bridgehead atoms. The molecule has 5 aliphatic rings. The van der Waals surface area contributed by atoms with Crippen LogP contribution < -0.4 is 5.32 Å². The molecule has 4 nitrogen and oxygen atoms in total. The van der Waals surface area contributed by atoms with E-state index in [9.17, 15) is 9.59 Å². The number of alkyl halides is 1. The molecule has 0 spiro atoms. The van der Waals surface area contributed by atoms with Gasteiger partial charge in [0, 0.05) is 36.8 Å². The molecule has 4 saturated carbocycles. The Labute approximate surface area is 153 Å². The maximum atomic E-state index is 12.5. The van der Waals surface area contributed by atoms with Gasteiger partial charge in [0.05, 0.1) is 0 Å². The van der Waals surface area contributed by atoms with Crippen LogP contribution >= 0.6 is 15.9 Å². The fourth-order valence-electron chi connectivity index (χ4n) is 6.38. The maximum Gasteiger partial charge on any atom is 0.224 e. The van der Waals surface area contributed by atoms with E-state index in [1.165, 1.54) is 32.1 Å². The molecule has 1 saturated heterocycles. The molecule has 1 aliphatic heterocycles. The monoisotopic (exact) mass is 396 g/mol. The molecular weight excluding hydrogens is 368 g/mol. The first-order chi connectivity index (χ1) is 11.5. The summed E-state index contributed by atoms with van der Waals surface area (Å²) in [6.07, 6.45) is 11.0. The van der Waals surface area contributed by atoms with Gasteiger partial charge in [-0.1, -0.05) is 15.9 Å². The SMILES string of the molecule is O=C(CC12CC3CC(CC(Br)(C3)C1)C2)NCCC(=O)N1CCCC1. The van der Waals surface area contributed by atoms with Gasteiger partial charge in [0.2, 0.25) is 11.8 Å². The highest BCUT2D eigenvalue weighted by molar-refractivity contribution is 9.10. The highest BCUT2D eigenvalue weighted by atomic mass is 79.9. The van der Waals surface area contributed by atoms with E-state index in [2.05, 4.69) is 21.2 Å². The minimum absolute atomic E-state index is 0.155. The normalized spacial score (nSPS) is 40.1. The molecule has 2 unspecified atom stereocenters. The van der Waals surface area contributed by atoms with Crippen molar-refractivity contribution in [2.45, 2.75) is 68.5 Å². The summed E-state index contributed by atoms with van der Waals surface area (Å²) >= 11 is 4.01. The molecule has 1 heterocycles. The lowest BCUT2D eigenvalue weighted by molar-refractivity contribution is -0.130. The quantitative estimate of drug-likeness (QED) is 0.725. The lowest BCUT2D eigenvalue weighted by Gasteiger charge is -2.60. The number of halogens is 1. The van der Waals surface area contributed by atoms with Crippen LogP contribution in [0.5, 0.6) is 0 Å². The van der Waals surface area contributed by atoms with Gasteiger partial charge < -0.3 is 10.2 Å². The molecule has 2 atom stereocenters. The van der Waals surface area contributed by atoms with Gasteiger partial charge in [-0.3, -0.25) is 9.59 Å². The Hall–Kier alpha value is -0.580. The molecule has 5 rings (SSSR count). The first-order valence-electron chi connectivity index (χ1n) is 9.69. The van der Waals surface area contributed by atoms with E-state index in [-0.39, 0.29) is 17.2 Å². The van der Waals surface area contributed by atoms with E-state index in [1.54, 1.807) is 0 Å². The highest BCUT2D eigenvalue weighted by Gasteiger charge is 2.57. The van der Waals surface area contributed by atoms with Crippen LogP contribution in [0.15, 0.2) is 0 Å². The Morgan fingerprint density at radius 2 is 1.75 bits per heavy atom. The van der Waals surface area contributed by atoms with E-state index in [0.717, 1.165) is 44.2 Å². The van der Waals surface area contributed by atoms with Crippen LogP contribution in [0.3, 0.4) is 0 Å². The minimum atomic E-state index is 0.155. The summed E-state index contributed by atoms with van der Waals surface area (Å²) in [6.45, 7) is 2.29. The molecule has 2 amide bonds. The van der Waals surface area contributed by atoms with Gasteiger partial charge in [0.1, 0.15) is 0 Å². The van der Waals surface area contributed by atoms with Gasteiger partial charge >= 0.3 is 0 Å². The van der Waals surface area contributed by atoms with Crippen LogP contribution in [0.4, 0.5) is 0 Å². The largest absolute Gasteiger partial charge is 0.356 e. The highest BCUT2D eigenvalue weighted by Crippen LogP contribution is 2.65. The second-order valence-corrected chi connectivity index (χ2v) is 10.7. The first-order valence-corrected chi connectivity index (χ1v) is 10.5. The van der Waals surface area contributed by atoms with Crippen molar-refractivity contribution in [1.82, 2.24) is 10.2 Å². The standard InChI is InChI=1S/C19H29BrN2O2/c20-19-10-14-7-15(11-19)9-18(8-14,13-19)12-16(23)21-4-3-17(24)22-5-1-2-6-22/h14-15H,1-13H2,(H,21,23). The van der Waals surface area contributed by atoms with E-state index >= 15 is 0 Å². The van der Waals surface area contributed by atoms with Crippen molar-refractivity contribution in [3.63, 3.8) is 0 Å². The van der Waals surface area contributed by atoms with E-state index in [4.69, 9.17) is 0 Å². The number of carbonyl (C=O) groups is 2. The third-order valence-corrected chi connectivity index (χ3v) is 7.69. The number of hydrogen-bond donors (Lipinski definition) is 1. The predicted molar refractivity (Wildman–Crippen MR) is 96.8 cm³/mol. The van der Waals surface area contributed by atoms with E-state index < -0.39 is 0 Å². The minimum Gasteiger partial charge on any atom is -0.356 e. The number of hydrogen-bond acceptors (Lipinski definition) is 2. The van der Waals surface area contributed by atoms with E-state index in [1.807, 2.05) is 4.90 Å². The molecular formula is C19H29BrN2O2. The zero-order valence-corrected chi connectivity index (χ0v) is 16.1. The second kappa shape index (κ2) is 6.30. The molecule has 4 aliphatic carbocycles. The third kappa shape index (κ3) is 3.38. The summed E-state index contributed by atoms with van der Waals surface area (Å²) in [7, 11) is 0. The number of carbonyl (C=O) groups excluding carboxylic acids is 2. The lowest BCUT2D eigenvalue weighted by Crippen LogP contribution is -2.54. The van der Waals surface area contributed by atoms with Crippen LogP contribution in [0.1, 0.15) is 64.2 Å². The predicted octanol–water partition coefficient (Wildman–Crippen LogP) is 3.24. The van der Waals surface area contributed by atoms with Gasteiger partial charge in [0.25, 0.3) is 0 Å². The van der Waals surface area contributed by atoms with Crippen LogP contribution in [-0.4, -0.2) is 40.7 Å². The van der Waals surface area contributed by atoms with Gasteiger partial charge in [-0.2, -0.15) is 0 Å². The topological polar surface area (TPSA) is 49.4 Å². The number of likely N-dealkylation sites (tertiary alicyclic amines) is 1. The Morgan fingerprint density at radius 3 is 2.38 bits per heavy atom. The Balaban J connectivity index is 1.26. The molecule has 5 fully saturated rings. The van der Waals surface area contributed by atoms with Crippen molar-refractivity contribution in [2.75, 3.05) is 19.6 Å². The summed E-state index contributed by atoms with van der Waals surface area (Å²) in [5.74, 6) is 1.98. The molecule has 0 aromatic carbocycles. The fourth-order valence-corrected chi connectivity index (χ4v) is 7.89. The Kier molecular flexibility index (Phi) is 4.42. The molecule has 0 radical (unpaired) electrons. The van der Waals surface area contributed by atoms with Gasteiger partial charge in [0.15, 0.2) is 0 Å². The van der Waals surface area contributed by atoms with Crippen molar-refractivity contribution < 1.29 is 9.59 Å². The third-order valence-electron chi connectivity index (χ3n) is 6.77. The van der Waals surface area contributed by atoms with Crippen molar-refractivity contribution in [3.8, 4) is 0 Å². The average molecular weight is 397 g/mol. The summed E-state index contributed by atoms with van der Waals surface area (Å²) in [5.41, 5.74) is 0.219. The molecule has 24 heavy (non-hydrogen) atoms. The van der Waals surface area contributed by atoms with Crippen LogP contribution in [0, 0.1) is 17.3 Å².